The first kappa shape index (κ1) is 21.7. The summed E-state index contributed by atoms with van der Waals surface area (Å²) in [5.74, 6) is 0.100. The van der Waals surface area contributed by atoms with Gasteiger partial charge < -0.3 is 16.0 Å². The Morgan fingerprint density at radius 2 is 2.12 bits per heavy atom. The average Bonchev–Trinajstić information content (AvgIpc) is 3.00. The number of likely N-dealkylation sites (tertiary alicyclic amines) is 1. The lowest BCUT2D eigenvalue weighted by Crippen LogP contribution is -2.51. The number of carbonyl (C=O) groups is 2. The first-order valence-electron chi connectivity index (χ1n) is 8.46. The Hall–Kier alpha value is -1.30. The molecule has 1 saturated heterocycles. The van der Waals surface area contributed by atoms with Crippen molar-refractivity contribution in [3.05, 3.63) is 34.9 Å². The van der Waals surface area contributed by atoms with Crippen molar-refractivity contribution in [1.82, 2.24) is 10.2 Å². The second-order valence-corrected chi connectivity index (χ2v) is 7.21. The highest BCUT2D eigenvalue weighted by atomic mass is 35.5. The van der Waals surface area contributed by atoms with Gasteiger partial charge >= 0.3 is 0 Å². The third-order valence-corrected chi connectivity index (χ3v) is 4.47. The third kappa shape index (κ3) is 6.17. The molecule has 0 aliphatic carbocycles. The van der Waals surface area contributed by atoms with Crippen LogP contribution in [0, 0.1) is 5.92 Å². The lowest BCUT2D eigenvalue weighted by atomic mass is 10.0. The second-order valence-electron chi connectivity index (χ2n) is 6.77. The molecule has 1 aromatic rings. The van der Waals surface area contributed by atoms with Crippen molar-refractivity contribution < 1.29 is 9.59 Å². The van der Waals surface area contributed by atoms with Crippen LogP contribution in [0.5, 0.6) is 0 Å². The van der Waals surface area contributed by atoms with E-state index < -0.39 is 12.1 Å². The Kier molecular flexibility index (Phi) is 8.69. The van der Waals surface area contributed by atoms with Crippen molar-refractivity contribution in [2.75, 3.05) is 6.54 Å². The number of benzene rings is 1. The van der Waals surface area contributed by atoms with Gasteiger partial charge in [0, 0.05) is 18.1 Å². The number of amides is 2. The van der Waals surface area contributed by atoms with Crippen molar-refractivity contribution in [2.45, 2.75) is 51.7 Å². The van der Waals surface area contributed by atoms with Crippen molar-refractivity contribution in [3.8, 4) is 0 Å². The highest BCUT2D eigenvalue weighted by Crippen LogP contribution is 2.20. The minimum atomic E-state index is -0.536. The van der Waals surface area contributed by atoms with Crippen LogP contribution in [0.2, 0.25) is 5.02 Å². The molecule has 1 fully saturated rings. The van der Waals surface area contributed by atoms with Gasteiger partial charge in [0.2, 0.25) is 11.8 Å². The zero-order valence-corrected chi connectivity index (χ0v) is 16.3. The normalized spacial score (nSPS) is 18.0. The van der Waals surface area contributed by atoms with E-state index in [-0.39, 0.29) is 24.2 Å². The number of nitrogens with two attached hydrogens (primary N) is 1. The molecule has 2 amide bonds. The number of rotatable bonds is 6. The highest BCUT2D eigenvalue weighted by molar-refractivity contribution is 6.30. The standard InChI is InChI=1S/C18H26ClN3O2.ClH/c1-12(2)9-15(20)18(24)22-8-4-7-16(22)17(23)21-11-13-5-3-6-14(19)10-13;/h3,5-6,10,12,15-16H,4,7-9,11,20H2,1-2H3,(H,21,23);1H/t15-,16+;/m1./s1. The van der Waals surface area contributed by atoms with Gasteiger partial charge in [0.25, 0.3) is 0 Å². The fourth-order valence-corrected chi connectivity index (χ4v) is 3.29. The fraction of sp³-hybridized carbons (Fsp3) is 0.556. The van der Waals surface area contributed by atoms with E-state index in [1.54, 1.807) is 11.0 Å². The minimum absolute atomic E-state index is 0. The minimum Gasteiger partial charge on any atom is -0.350 e. The monoisotopic (exact) mass is 387 g/mol. The molecule has 0 bridgehead atoms. The molecule has 1 aliphatic rings. The fourth-order valence-electron chi connectivity index (χ4n) is 3.08. The summed E-state index contributed by atoms with van der Waals surface area (Å²) in [7, 11) is 0. The lowest BCUT2D eigenvalue weighted by molar-refractivity contribution is -0.139. The molecule has 0 unspecified atom stereocenters. The first-order chi connectivity index (χ1) is 11.4. The summed E-state index contributed by atoms with van der Waals surface area (Å²) in [6, 6.07) is 6.40. The highest BCUT2D eigenvalue weighted by Gasteiger charge is 2.36. The number of carbonyl (C=O) groups excluding carboxylic acids is 2. The van der Waals surface area contributed by atoms with E-state index in [1.165, 1.54) is 0 Å². The second kappa shape index (κ2) is 10.00. The number of nitrogens with one attached hydrogen (secondary N) is 1. The Morgan fingerprint density at radius 1 is 1.40 bits per heavy atom. The Balaban J connectivity index is 0.00000312. The van der Waals surface area contributed by atoms with Gasteiger partial charge in [-0.15, -0.1) is 12.4 Å². The zero-order chi connectivity index (χ0) is 17.7. The van der Waals surface area contributed by atoms with Crippen LogP contribution in [0.1, 0.15) is 38.7 Å². The van der Waals surface area contributed by atoms with Crippen LogP contribution < -0.4 is 11.1 Å². The van der Waals surface area contributed by atoms with Crippen molar-refractivity contribution >= 4 is 35.8 Å². The molecule has 5 nitrogen and oxygen atoms in total. The molecule has 0 aromatic heterocycles. The topological polar surface area (TPSA) is 75.4 Å². The number of hydrogen-bond donors (Lipinski definition) is 2. The zero-order valence-electron chi connectivity index (χ0n) is 14.7. The molecule has 1 heterocycles. The molecular formula is C18H27Cl2N3O2. The summed E-state index contributed by atoms with van der Waals surface area (Å²) in [6.45, 7) is 5.06. The summed E-state index contributed by atoms with van der Waals surface area (Å²) in [5, 5.41) is 3.54. The van der Waals surface area contributed by atoms with Crippen LogP contribution in [0.15, 0.2) is 24.3 Å². The van der Waals surface area contributed by atoms with E-state index in [0.717, 1.165) is 12.0 Å². The summed E-state index contributed by atoms with van der Waals surface area (Å²) in [4.78, 5) is 26.6. The molecule has 2 atom stereocenters. The number of halogens is 2. The maximum atomic E-state index is 12.5. The van der Waals surface area contributed by atoms with E-state index in [2.05, 4.69) is 5.32 Å². The summed E-state index contributed by atoms with van der Waals surface area (Å²) in [5.41, 5.74) is 6.94. The summed E-state index contributed by atoms with van der Waals surface area (Å²) < 4.78 is 0. The van der Waals surface area contributed by atoms with E-state index in [1.807, 2.05) is 32.0 Å². The molecule has 0 spiro atoms. The molecule has 1 aliphatic heterocycles. The van der Waals surface area contributed by atoms with Gasteiger partial charge in [-0.1, -0.05) is 37.6 Å². The predicted molar refractivity (Wildman–Crippen MR) is 103 cm³/mol. The van der Waals surface area contributed by atoms with Crippen LogP contribution in [-0.2, 0) is 16.1 Å². The predicted octanol–water partition coefficient (Wildman–Crippen LogP) is 2.74. The molecule has 0 saturated carbocycles. The SMILES string of the molecule is CC(C)C[C@@H](N)C(=O)N1CCC[C@H]1C(=O)NCc1cccc(Cl)c1.Cl. The van der Waals surface area contributed by atoms with Crippen molar-refractivity contribution in [1.29, 1.82) is 0 Å². The summed E-state index contributed by atoms with van der Waals surface area (Å²) in [6.07, 6.45) is 2.14. The van der Waals surface area contributed by atoms with Crippen LogP contribution in [0.25, 0.3) is 0 Å². The Morgan fingerprint density at radius 3 is 2.76 bits per heavy atom. The molecule has 25 heavy (non-hydrogen) atoms. The van der Waals surface area contributed by atoms with Gasteiger partial charge in [0.15, 0.2) is 0 Å². The molecule has 1 aromatic carbocycles. The van der Waals surface area contributed by atoms with E-state index in [4.69, 9.17) is 17.3 Å². The van der Waals surface area contributed by atoms with Gasteiger partial charge in [-0.25, -0.2) is 0 Å². The van der Waals surface area contributed by atoms with E-state index >= 15 is 0 Å². The molecule has 7 heteroatoms. The molecule has 2 rings (SSSR count). The van der Waals surface area contributed by atoms with Gasteiger partial charge in [-0.05, 0) is 42.9 Å². The van der Waals surface area contributed by atoms with Gasteiger partial charge in [-0.2, -0.15) is 0 Å². The molecule has 0 radical (unpaired) electrons. The molecule has 3 N–H and O–H groups in total. The largest absolute Gasteiger partial charge is 0.350 e. The van der Waals surface area contributed by atoms with E-state index in [9.17, 15) is 9.59 Å². The van der Waals surface area contributed by atoms with Crippen LogP contribution in [-0.4, -0.2) is 35.3 Å². The van der Waals surface area contributed by atoms with Crippen LogP contribution >= 0.6 is 24.0 Å². The smallest absolute Gasteiger partial charge is 0.243 e. The van der Waals surface area contributed by atoms with Gasteiger partial charge in [-0.3, -0.25) is 9.59 Å². The van der Waals surface area contributed by atoms with Gasteiger partial charge in [0.05, 0.1) is 6.04 Å². The Labute approximate surface area is 160 Å². The number of nitrogens with zero attached hydrogens (tertiary/aromatic N) is 1. The molecule has 140 valence electrons. The van der Waals surface area contributed by atoms with Crippen molar-refractivity contribution in [3.63, 3.8) is 0 Å². The van der Waals surface area contributed by atoms with Crippen molar-refractivity contribution in [2.24, 2.45) is 11.7 Å². The molecular weight excluding hydrogens is 361 g/mol. The first-order valence-corrected chi connectivity index (χ1v) is 8.84. The van der Waals surface area contributed by atoms with Crippen LogP contribution in [0.4, 0.5) is 0 Å². The van der Waals surface area contributed by atoms with E-state index in [0.29, 0.717) is 36.9 Å². The lowest BCUT2D eigenvalue weighted by Gasteiger charge is -2.27. The third-order valence-electron chi connectivity index (χ3n) is 4.24. The quantitative estimate of drug-likeness (QED) is 0.787. The average molecular weight is 388 g/mol. The van der Waals surface area contributed by atoms with Crippen LogP contribution in [0.3, 0.4) is 0 Å². The maximum absolute atomic E-state index is 12.5. The number of hydrogen-bond acceptors (Lipinski definition) is 3. The van der Waals surface area contributed by atoms with Gasteiger partial charge in [0.1, 0.15) is 6.04 Å². The summed E-state index contributed by atoms with van der Waals surface area (Å²) >= 11 is 5.95. The Bertz CT molecular complexity index is 595. The maximum Gasteiger partial charge on any atom is 0.243 e.